The maximum atomic E-state index is 12.8. The van der Waals surface area contributed by atoms with E-state index in [0.29, 0.717) is 11.0 Å². The molecule has 0 spiro atoms. The number of nitrogens with zero attached hydrogens (tertiary/aromatic N) is 2. The van der Waals surface area contributed by atoms with Gasteiger partial charge in [-0.2, -0.15) is 0 Å². The summed E-state index contributed by atoms with van der Waals surface area (Å²) in [5.74, 6) is -2.02. The second-order valence-corrected chi connectivity index (χ2v) is 2.91. The van der Waals surface area contributed by atoms with Crippen molar-refractivity contribution < 1.29 is 33.2 Å². The van der Waals surface area contributed by atoms with Gasteiger partial charge in [-0.25, -0.2) is 9.37 Å². The van der Waals surface area contributed by atoms with Crippen molar-refractivity contribution in [2.45, 2.75) is 0 Å². The minimum atomic E-state index is -1.37. The van der Waals surface area contributed by atoms with Gasteiger partial charge in [-0.3, -0.25) is 0 Å². The van der Waals surface area contributed by atoms with Gasteiger partial charge in [-0.15, -0.1) is 0 Å². The van der Waals surface area contributed by atoms with Crippen LogP contribution >= 0.6 is 0 Å². The van der Waals surface area contributed by atoms with E-state index in [9.17, 15) is 14.3 Å². The van der Waals surface area contributed by atoms with E-state index in [-0.39, 0.29) is 24.7 Å². The molecule has 4 nitrogen and oxygen atoms in total. The van der Waals surface area contributed by atoms with E-state index < -0.39 is 11.8 Å². The van der Waals surface area contributed by atoms with Gasteiger partial charge in [0.1, 0.15) is 11.8 Å². The Hall–Kier alpha value is -1.31. The number of fused-ring (bicyclic) bond motifs is 1. The van der Waals surface area contributed by atoms with Crippen LogP contribution in [0, 0.1) is 5.82 Å². The molecule has 0 aliphatic carbocycles. The van der Waals surface area contributed by atoms with Crippen LogP contribution in [0.4, 0.5) is 4.39 Å². The van der Waals surface area contributed by atoms with Gasteiger partial charge in [0.15, 0.2) is 5.82 Å². The quantitative estimate of drug-likeness (QED) is 0.463. The van der Waals surface area contributed by atoms with Gasteiger partial charge in [-0.05, 0) is 12.1 Å². The van der Waals surface area contributed by atoms with E-state index in [0.717, 1.165) is 0 Å². The summed E-state index contributed by atoms with van der Waals surface area (Å²) in [6.45, 7) is 0. The summed E-state index contributed by atoms with van der Waals surface area (Å²) in [5.41, 5.74) is 0.873. The molecule has 0 fully saturated rings. The zero-order valence-corrected chi connectivity index (χ0v) is 8.32. The van der Waals surface area contributed by atoms with Crippen molar-refractivity contribution in [2.24, 2.45) is 7.05 Å². The number of aromatic carboxylic acids is 1. The van der Waals surface area contributed by atoms with Crippen molar-refractivity contribution in [1.29, 1.82) is 0 Å². The zero-order chi connectivity index (χ0) is 10.3. The van der Waals surface area contributed by atoms with Crippen molar-refractivity contribution in [3.63, 3.8) is 0 Å². The van der Waals surface area contributed by atoms with Crippen molar-refractivity contribution in [2.75, 3.05) is 0 Å². The first-order valence-electron chi connectivity index (χ1n) is 3.93. The van der Waals surface area contributed by atoms with Crippen LogP contribution in [-0.4, -0.2) is 15.5 Å². The van der Waals surface area contributed by atoms with E-state index in [1.165, 1.54) is 22.8 Å². The van der Waals surface area contributed by atoms with Gasteiger partial charge >= 0.3 is 18.9 Å². The monoisotopic (exact) mass is 200 g/mol. The van der Waals surface area contributed by atoms with Gasteiger partial charge in [-0.1, -0.05) is 0 Å². The average molecular weight is 200 g/mol. The van der Waals surface area contributed by atoms with E-state index in [4.69, 9.17) is 0 Å². The molecule has 0 radical (unpaired) electrons. The fourth-order valence-electron chi connectivity index (χ4n) is 1.36. The Labute approximate surface area is 96.9 Å². The van der Waals surface area contributed by atoms with Crippen LogP contribution in [0.3, 0.4) is 0 Å². The molecule has 2 rings (SSSR count). The first kappa shape index (κ1) is 11.8. The van der Waals surface area contributed by atoms with E-state index in [1.54, 1.807) is 7.05 Å². The molecular formula is C9H6FLiN2O2. The number of aromatic nitrogens is 2. The topological polar surface area (TPSA) is 58.0 Å². The summed E-state index contributed by atoms with van der Waals surface area (Å²) in [4.78, 5) is 14.3. The van der Waals surface area contributed by atoms with Crippen LogP contribution in [0.1, 0.15) is 10.6 Å². The van der Waals surface area contributed by atoms with Gasteiger partial charge in [0.05, 0.1) is 11.0 Å². The minimum absolute atomic E-state index is 0. The molecule has 1 aromatic carbocycles. The number of halogens is 1. The number of carbonyl (C=O) groups is 1. The first-order chi connectivity index (χ1) is 6.59. The summed E-state index contributed by atoms with van der Waals surface area (Å²) < 4.78 is 14.1. The van der Waals surface area contributed by atoms with Crippen molar-refractivity contribution >= 4 is 17.0 Å². The molecule has 1 heterocycles. The smallest absolute Gasteiger partial charge is 0.542 e. The Morgan fingerprint density at radius 2 is 2.20 bits per heavy atom. The van der Waals surface area contributed by atoms with E-state index >= 15 is 0 Å². The number of aryl methyl sites for hydroxylation is 1. The molecule has 0 aliphatic heterocycles. The third-order valence-electron chi connectivity index (χ3n) is 2.03. The molecular weight excluding hydrogens is 194 g/mol. The number of imidazole rings is 1. The fourth-order valence-corrected chi connectivity index (χ4v) is 1.36. The maximum Gasteiger partial charge on any atom is 1.00 e. The fraction of sp³-hybridized carbons (Fsp3) is 0.111. The molecule has 0 bridgehead atoms. The van der Waals surface area contributed by atoms with Gasteiger partial charge in [0, 0.05) is 13.1 Å². The third kappa shape index (κ3) is 1.89. The van der Waals surface area contributed by atoms with Crippen molar-refractivity contribution in [3.05, 3.63) is 29.8 Å². The second-order valence-electron chi connectivity index (χ2n) is 2.91. The number of hydrogen-bond donors (Lipinski definition) is 0. The van der Waals surface area contributed by atoms with E-state index in [2.05, 4.69) is 4.98 Å². The number of carboxylic acids is 1. The summed E-state index contributed by atoms with van der Waals surface area (Å²) in [6, 6.07) is 3.91. The van der Waals surface area contributed by atoms with Gasteiger partial charge in [0.25, 0.3) is 0 Å². The molecule has 1 aromatic heterocycles. The molecule has 6 heteroatoms. The minimum Gasteiger partial charge on any atom is -0.542 e. The standard InChI is InChI=1S/C9H7FN2O2.Li/c1-12-7-3-2-5(10)4-6(7)11-8(12)9(13)14;/h2-4H,1H3,(H,13,14);/q;+1/p-1. The second kappa shape index (κ2) is 4.05. The Kier molecular flexibility index (Phi) is 3.17. The summed E-state index contributed by atoms with van der Waals surface area (Å²) in [5, 5.41) is 10.6. The summed E-state index contributed by atoms with van der Waals surface area (Å²) >= 11 is 0. The molecule has 15 heavy (non-hydrogen) atoms. The Morgan fingerprint density at radius 3 is 2.80 bits per heavy atom. The molecule has 0 saturated carbocycles. The molecule has 0 aliphatic rings. The summed E-state index contributed by atoms with van der Waals surface area (Å²) in [7, 11) is 1.54. The predicted octanol–water partition coefficient (Wildman–Crippen LogP) is -2.92. The summed E-state index contributed by atoms with van der Waals surface area (Å²) in [6.07, 6.45) is 0. The third-order valence-corrected chi connectivity index (χ3v) is 2.03. The van der Waals surface area contributed by atoms with Crippen LogP contribution in [-0.2, 0) is 7.05 Å². The first-order valence-corrected chi connectivity index (χ1v) is 3.93. The van der Waals surface area contributed by atoms with Crippen LogP contribution in [0.25, 0.3) is 11.0 Å². The van der Waals surface area contributed by atoms with E-state index in [1.807, 2.05) is 0 Å². The van der Waals surface area contributed by atoms with Crippen LogP contribution in [0.2, 0.25) is 0 Å². The Morgan fingerprint density at radius 1 is 1.53 bits per heavy atom. The maximum absolute atomic E-state index is 12.8. The molecule has 0 N–H and O–H groups in total. The number of hydrogen-bond acceptors (Lipinski definition) is 3. The number of benzene rings is 1. The van der Waals surface area contributed by atoms with Crippen LogP contribution in [0.5, 0.6) is 0 Å². The Bertz CT molecular complexity index is 524. The predicted molar refractivity (Wildman–Crippen MR) is 45.0 cm³/mol. The number of carboxylic acid groups (broad SMARTS) is 1. The largest absolute Gasteiger partial charge is 1.00 e. The number of rotatable bonds is 1. The van der Waals surface area contributed by atoms with Crippen LogP contribution in [0.15, 0.2) is 18.2 Å². The molecule has 0 unspecified atom stereocenters. The van der Waals surface area contributed by atoms with Gasteiger partial charge in [0.2, 0.25) is 0 Å². The van der Waals surface area contributed by atoms with Gasteiger partial charge < -0.3 is 14.5 Å². The molecule has 0 amide bonds. The van der Waals surface area contributed by atoms with Crippen molar-refractivity contribution in [1.82, 2.24) is 9.55 Å². The molecule has 72 valence electrons. The Balaban J connectivity index is 0.00000112. The normalized spacial score (nSPS) is 10.0. The van der Waals surface area contributed by atoms with Crippen molar-refractivity contribution in [3.8, 4) is 0 Å². The molecule has 2 aromatic rings. The zero-order valence-electron chi connectivity index (χ0n) is 8.32. The molecule has 0 saturated heterocycles. The van der Waals surface area contributed by atoms with Crippen LogP contribution < -0.4 is 24.0 Å². The SMILES string of the molecule is Cn1c(C(=O)[O-])nc2cc(F)ccc21.[Li+]. The number of carbonyl (C=O) groups excluding carboxylic acids is 1. The molecule has 0 atom stereocenters. The average Bonchev–Trinajstić information content (AvgIpc) is 2.43.